The highest BCUT2D eigenvalue weighted by Crippen LogP contribution is 2.58. The first kappa shape index (κ1) is 25.4. The van der Waals surface area contributed by atoms with E-state index < -0.39 is 35.6 Å². The monoisotopic (exact) mass is 462 g/mol. The number of ether oxygens (including phenoxy) is 2. The second kappa shape index (κ2) is 11.3. The standard InChI is InChI=1S/C25H38N2O6/c1-4-7-9-10-17-32-24(31)19-18-11-12-25(33-18)20(19)22(29)27(15-16-28)21(25)23(30)26(13-6-3)14-8-5-2/h4,6,18-21,28H,1,3,5,7-17H2,2H3/t18-,19+,20-,21?,25?/m0/s1. The lowest BCUT2D eigenvalue weighted by atomic mass is 9.70. The van der Waals surface area contributed by atoms with Crippen LogP contribution >= 0.6 is 0 Å². The van der Waals surface area contributed by atoms with Crippen LogP contribution in [0.2, 0.25) is 0 Å². The number of unbranched alkanes of at least 4 members (excludes halogenated alkanes) is 3. The maximum Gasteiger partial charge on any atom is 0.312 e. The van der Waals surface area contributed by atoms with E-state index in [1.165, 1.54) is 4.90 Å². The third-order valence-electron chi connectivity index (χ3n) is 7.14. The molecule has 8 nitrogen and oxygen atoms in total. The molecular weight excluding hydrogens is 424 g/mol. The molecule has 2 amide bonds. The Morgan fingerprint density at radius 1 is 1.30 bits per heavy atom. The van der Waals surface area contributed by atoms with E-state index in [9.17, 15) is 19.5 Å². The molecule has 3 saturated heterocycles. The number of hydrogen-bond acceptors (Lipinski definition) is 6. The van der Waals surface area contributed by atoms with Crippen LogP contribution in [0, 0.1) is 11.8 Å². The van der Waals surface area contributed by atoms with Crippen molar-refractivity contribution in [2.75, 3.05) is 32.8 Å². The van der Waals surface area contributed by atoms with Crippen LogP contribution in [-0.4, -0.2) is 83.3 Å². The quantitative estimate of drug-likeness (QED) is 0.241. The Hall–Kier alpha value is -2.19. The van der Waals surface area contributed by atoms with E-state index in [1.807, 2.05) is 6.08 Å². The smallest absolute Gasteiger partial charge is 0.312 e. The van der Waals surface area contributed by atoms with Gasteiger partial charge in [0.2, 0.25) is 11.8 Å². The summed E-state index contributed by atoms with van der Waals surface area (Å²) >= 11 is 0. The van der Waals surface area contributed by atoms with Crippen LogP contribution in [0.1, 0.15) is 51.9 Å². The van der Waals surface area contributed by atoms with Crippen molar-refractivity contribution in [2.45, 2.75) is 69.6 Å². The third-order valence-corrected chi connectivity index (χ3v) is 7.14. The topological polar surface area (TPSA) is 96.4 Å². The Morgan fingerprint density at radius 2 is 2.09 bits per heavy atom. The van der Waals surface area contributed by atoms with Crippen molar-refractivity contribution in [1.82, 2.24) is 9.80 Å². The van der Waals surface area contributed by atoms with Crippen LogP contribution in [0.4, 0.5) is 0 Å². The van der Waals surface area contributed by atoms with Gasteiger partial charge < -0.3 is 24.4 Å². The zero-order chi connectivity index (χ0) is 24.0. The molecule has 0 aromatic carbocycles. The number of β-amino-alcohol motifs (C(OH)–C–C–N with tert-alkyl or cyclic N) is 1. The predicted octanol–water partition coefficient (Wildman–Crippen LogP) is 2.07. The minimum Gasteiger partial charge on any atom is -0.465 e. The van der Waals surface area contributed by atoms with Crippen LogP contribution < -0.4 is 0 Å². The van der Waals surface area contributed by atoms with E-state index >= 15 is 0 Å². The summed E-state index contributed by atoms with van der Waals surface area (Å²) in [6, 6.07) is -0.852. The first-order valence-electron chi connectivity index (χ1n) is 12.2. The van der Waals surface area contributed by atoms with Gasteiger partial charge in [0.25, 0.3) is 0 Å². The Bertz CT molecular complexity index is 755. The van der Waals surface area contributed by atoms with Crippen molar-refractivity contribution in [3.63, 3.8) is 0 Å². The summed E-state index contributed by atoms with van der Waals surface area (Å²) in [5, 5.41) is 9.65. The Morgan fingerprint density at radius 3 is 2.76 bits per heavy atom. The Labute approximate surface area is 196 Å². The number of hydrogen-bond donors (Lipinski definition) is 1. The number of esters is 1. The summed E-state index contributed by atoms with van der Waals surface area (Å²) in [5.41, 5.74) is -1.05. The van der Waals surface area contributed by atoms with E-state index in [-0.39, 0.29) is 31.6 Å². The van der Waals surface area contributed by atoms with Crippen molar-refractivity contribution in [1.29, 1.82) is 0 Å². The van der Waals surface area contributed by atoms with Gasteiger partial charge in [-0.1, -0.05) is 25.5 Å². The molecule has 0 radical (unpaired) electrons. The van der Waals surface area contributed by atoms with Crippen molar-refractivity contribution in [3.8, 4) is 0 Å². The molecule has 8 heteroatoms. The van der Waals surface area contributed by atoms with Crippen molar-refractivity contribution in [3.05, 3.63) is 25.3 Å². The number of amides is 2. The van der Waals surface area contributed by atoms with Crippen LogP contribution in [0.15, 0.2) is 25.3 Å². The fraction of sp³-hybridized carbons (Fsp3) is 0.720. The van der Waals surface area contributed by atoms with Crippen LogP contribution in [-0.2, 0) is 23.9 Å². The normalized spacial score (nSPS) is 29.8. The lowest BCUT2D eigenvalue weighted by Gasteiger charge is -2.36. The van der Waals surface area contributed by atoms with Crippen molar-refractivity contribution < 1.29 is 29.0 Å². The van der Waals surface area contributed by atoms with Crippen LogP contribution in [0.3, 0.4) is 0 Å². The van der Waals surface area contributed by atoms with E-state index in [1.54, 1.807) is 11.0 Å². The maximum atomic E-state index is 13.7. The molecule has 3 rings (SSSR count). The molecule has 1 spiro atoms. The minimum atomic E-state index is -1.05. The van der Waals surface area contributed by atoms with Crippen molar-refractivity contribution >= 4 is 17.8 Å². The van der Waals surface area contributed by atoms with Gasteiger partial charge in [0.1, 0.15) is 11.6 Å². The number of aliphatic hydroxyl groups excluding tert-OH is 1. The summed E-state index contributed by atoms with van der Waals surface area (Å²) in [6.07, 6.45) is 8.45. The van der Waals surface area contributed by atoms with Gasteiger partial charge in [-0.15, -0.1) is 13.2 Å². The number of carbonyl (C=O) groups excluding carboxylic acids is 3. The fourth-order valence-corrected chi connectivity index (χ4v) is 5.68. The van der Waals surface area contributed by atoms with Gasteiger partial charge in [0.05, 0.1) is 31.2 Å². The zero-order valence-corrected chi connectivity index (χ0v) is 19.7. The minimum absolute atomic E-state index is 0.0283. The number of fused-ring (bicyclic) bond motifs is 1. The molecule has 3 heterocycles. The van der Waals surface area contributed by atoms with E-state index in [2.05, 4.69) is 20.1 Å². The highest BCUT2D eigenvalue weighted by Gasteiger charge is 2.75. The maximum absolute atomic E-state index is 13.7. The van der Waals surface area contributed by atoms with Gasteiger partial charge >= 0.3 is 5.97 Å². The predicted molar refractivity (Wildman–Crippen MR) is 123 cm³/mol. The van der Waals surface area contributed by atoms with E-state index in [4.69, 9.17) is 9.47 Å². The average molecular weight is 463 g/mol. The molecule has 0 aliphatic carbocycles. The highest BCUT2D eigenvalue weighted by molar-refractivity contribution is 5.98. The second-order valence-corrected chi connectivity index (χ2v) is 9.19. The van der Waals surface area contributed by atoms with E-state index in [0.29, 0.717) is 25.9 Å². The molecule has 2 unspecified atom stereocenters. The first-order chi connectivity index (χ1) is 16.0. The molecule has 3 fully saturated rings. The molecule has 184 valence electrons. The zero-order valence-electron chi connectivity index (χ0n) is 19.7. The number of allylic oxidation sites excluding steroid dienone is 1. The highest BCUT2D eigenvalue weighted by atomic mass is 16.6. The molecule has 0 aromatic heterocycles. The van der Waals surface area contributed by atoms with Gasteiger partial charge in [0, 0.05) is 19.6 Å². The second-order valence-electron chi connectivity index (χ2n) is 9.19. The number of likely N-dealkylation sites (tertiary alicyclic amines) is 1. The Kier molecular flexibility index (Phi) is 8.70. The SMILES string of the molecule is C=CCCCCOC(=O)[C@@H]1[C@@H]2CCC3(O2)C(C(=O)N(CC=C)CCCC)N(CCO)C(=O)[C@H]13. The number of rotatable bonds is 14. The fourth-order valence-electron chi connectivity index (χ4n) is 5.68. The lowest BCUT2D eigenvalue weighted by molar-refractivity contribution is -0.155. The molecule has 2 bridgehead atoms. The molecule has 0 aromatic rings. The van der Waals surface area contributed by atoms with Crippen LogP contribution in [0.25, 0.3) is 0 Å². The summed E-state index contributed by atoms with van der Waals surface area (Å²) in [7, 11) is 0. The molecule has 5 atom stereocenters. The summed E-state index contributed by atoms with van der Waals surface area (Å²) < 4.78 is 11.9. The first-order valence-corrected chi connectivity index (χ1v) is 12.2. The average Bonchev–Trinajstić information content (AvgIpc) is 3.44. The van der Waals surface area contributed by atoms with Gasteiger partial charge in [-0.3, -0.25) is 14.4 Å². The van der Waals surface area contributed by atoms with Gasteiger partial charge in [-0.25, -0.2) is 0 Å². The number of nitrogens with zero attached hydrogens (tertiary/aromatic N) is 2. The summed E-state index contributed by atoms with van der Waals surface area (Å²) in [6.45, 7) is 10.5. The molecule has 1 N–H and O–H groups in total. The molecule has 3 aliphatic heterocycles. The van der Waals surface area contributed by atoms with Gasteiger partial charge in [0.15, 0.2) is 0 Å². The Balaban J connectivity index is 1.84. The third kappa shape index (κ3) is 4.73. The largest absolute Gasteiger partial charge is 0.465 e. The lowest BCUT2D eigenvalue weighted by Crippen LogP contribution is -2.56. The number of carbonyl (C=O) groups is 3. The number of aliphatic hydroxyl groups is 1. The van der Waals surface area contributed by atoms with E-state index in [0.717, 1.165) is 32.1 Å². The van der Waals surface area contributed by atoms with Crippen molar-refractivity contribution in [2.24, 2.45) is 11.8 Å². The van der Waals surface area contributed by atoms with Crippen LogP contribution in [0.5, 0.6) is 0 Å². The summed E-state index contributed by atoms with van der Waals surface area (Å²) in [5.74, 6) is -2.40. The molecular formula is C25H38N2O6. The molecule has 3 aliphatic rings. The van der Waals surface area contributed by atoms with Gasteiger partial charge in [-0.05, 0) is 38.5 Å². The summed E-state index contributed by atoms with van der Waals surface area (Å²) in [4.78, 5) is 43.4. The van der Waals surface area contributed by atoms with Gasteiger partial charge in [-0.2, -0.15) is 0 Å². The molecule has 33 heavy (non-hydrogen) atoms. The molecule has 0 saturated carbocycles.